The van der Waals surface area contributed by atoms with E-state index in [1.54, 1.807) is 23.2 Å². The number of rotatable bonds is 4. The molecule has 0 spiro atoms. The first-order chi connectivity index (χ1) is 16.0. The lowest BCUT2D eigenvalue weighted by Gasteiger charge is -2.26. The summed E-state index contributed by atoms with van der Waals surface area (Å²) < 4.78 is 36.9. The van der Waals surface area contributed by atoms with Crippen LogP contribution < -0.4 is 10.4 Å². The lowest BCUT2D eigenvalue weighted by molar-refractivity contribution is -0.121. The molecule has 0 bridgehead atoms. The molecule has 1 atom stereocenters. The molecule has 0 saturated carbocycles. The number of halogens is 3. The molecule has 0 radical (unpaired) electrons. The van der Waals surface area contributed by atoms with Crippen molar-refractivity contribution in [3.05, 3.63) is 63.1 Å². The number of hydrogen-bond donors (Lipinski definition) is 3. The van der Waals surface area contributed by atoms with E-state index in [2.05, 4.69) is 10.5 Å². The van der Waals surface area contributed by atoms with Gasteiger partial charge in [0.05, 0.1) is 30.0 Å². The number of anilines is 1. The molecule has 3 N–H and O–H groups in total. The molecule has 2 aromatic rings. The average Bonchev–Trinajstić information content (AvgIpc) is 3.19. The Hall–Kier alpha value is -1.96. The van der Waals surface area contributed by atoms with E-state index in [9.17, 15) is 4.79 Å². The summed E-state index contributed by atoms with van der Waals surface area (Å²) >= 11 is 18.5. The summed E-state index contributed by atoms with van der Waals surface area (Å²) in [6.07, 6.45) is 0.441. The molecular formula is C20H21Cl3N4O6S. The highest BCUT2D eigenvalue weighted by atomic mass is 35.5. The number of hydrogen-bond acceptors (Lipinski definition) is 7. The maximum Gasteiger partial charge on any atom is 0.394 e. The highest BCUT2D eigenvalue weighted by molar-refractivity contribution is 7.79. The largest absolute Gasteiger partial charge is 0.394 e. The lowest BCUT2D eigenvalue weighted by atomic mass is 10.0. The SMILES string of the molecule is O=C(NN1CCOCC1)C1=NN(c2ccc(Cl)cc2Cl)C(c2ccc(Cl)cc2)C1.O=S(=O)(O)O. The molecule has 0 aromatic heterocycles. The number of carbonyl (C=O) groups excluding carboxylic acids is 1. The van der Waals surface area contributed by atoms with Gasteiger partial charge in [-0.2, -0.15) is 13.5 Å². The van der Waals surface area contributed by atoms with E-state index in [1.807, 2.05) is 29.3 Å². The molecule has 2 aliphatic heterocycles. The van der Waals surface area contributed by atoms with Crippen LogP contribution in [0.25, 0.3) is 0 Å². The summed E-state index contributed by atoms with van der Waals surface area (Å²) in [6, 6.07) is 12.6. The topological polar surface area (TPSA) is 132 Å². The van der Waals surface area contributed by atoms with Crippen LogP contribution in [0.5, 0.6) is 0 Å². The minimum atomic E-state index is -4.67. The van der Waals surface area contributed by atoms with Crippen molar-refractivity contribution in [2.45, 2.75) is 12.5 Å². The lowest BCUT2D eigenvalue weighted by Crippen LogP contribution is -2.50. The zero-order chi connectivity index (χ0) is 24.9. The van der Waals surface area contributed by atoms with Gasteiger partial charge < -0.3 is 4.74 Å². The van der Waals surface area contributed by atoms with Gasteiger partial charge in [0.2, 0.25) is 0 Å². The summed E-state index contributed by atoms with van der Waals surface area (Å²) in [6.45, 7) is 2.47. The second-order valence-corrected chi connectivity index (χ2v) is 9.42. The number of nitrogens with one attached hydrogen (secondary N) is 1. The van der Waals surface area contributed by atoms with Crippen LogP contribution >= 0.6 is 34.8 Å². The molecule has 1 saturated heterocycles. The quantitative estimate of drug-likeness (QED) is 0.491. The molecular weight excluding hydrogens is 531 g/mol. The van der Waals surface area contributed by atoms with Gasteiger partial charge in [0.25, 0.3) is 5.91 Å². The molecule has 2 heterocycles. The monoisotopic (exact) mass is 550 g/mol. The van der Waals surface area contributed by atoms with Gasteiger partial charge in [-0.3, -0.25) is 24.3 Å². The summed E-state index contributed by atoms with van der Waals surface area (Å²) in [5.74, 6) is -0.224. The smallest absolute Gasteiger partial charge is 0.379 e. The molecule has 1 amide bonds. The highest BCUT2D eigenvalue weighted by Crippen LogP contribution is 2.39. The van der Waals surface area contributed by atoms with Crippen LogP contribution in [0, 0.1) is 0 Å². The molecule has 10 nitrogen and oxygen atoms in total. The number of hydrazine groups is 1. The molecule has 2 aliphatic rings. The van der Waals surface area contributed by atoms with Gasteiger partial charge in [-0.1, -0.05) is 46.9 Å². The van der Waals surface area contributed by atoms with Gasteiger partial charge in [-0.05, 0) is 35.9 Å². The second kappa shape index (κ2) is 11.6. The normalized spacial score (nSPS) is 18.7. The molecule has 0 aliphatic carbocycles. The zero-order valence-corrected chi connectivity index (χ0v) is 20.6. The van der Waals surface area contributed by atoms with Crippen molar-refractivity contribution >= 4 is 62.5 Å². The fourth-order valence-electron chi connectivity index (χ4n) is 3.36. The number of ether oxygens (including phenoxy) is 1. The minimum absolute atomic E-state index is 0.184. The van der Waals surface area contributed by atoms with Crippen molar-refractivity contribution < 1.29 is 27.1 Å². The first kappa shape index (κ1) is 26.6. The Morgan fingerprint density at radius 1 is 1.03 bits per heavy atom. The van der Waals surface area contributed by atoms with Crippen LogP contribution in [0.1, 0.15) is 18.0 Å². The van der Waals surface area contributed by atoms with Crippen molar-refractivity contribution in [2.24, 2.45) is 5.10 Å². The Morgan fingerprint density at radius 2 is 1.62 bits per heavy atom. The molecule has 4 rings (SSSR count). The van der Waals surface area contributed by atoms with Crippen molar-refractivity contribution in [1.82, 2.24) is 10.4 Å². The third kappa shape index (κ3) is 7.79. The van der Waals surface area contributed by atoms with E-state index in [-0.39, 0.29) is 11.9 Å². The van der Waals surface area contributed by atoms with Gasteiger partial charge in [-0.25, -0.2) is 5.01 Å². The predicted octanol–water partition coefficient (Wildman–Crippen LogP) is 3.66. The van der Waals surface area contributed by atoms with E-state index in [1.165, 1.54) is 0 Å². The van der Waals surface area contributed by atoms with Crippen LogP contribution in [0.15, 0.2) is 47.6 Å². The van der Waals surface area contributed by atoms with Crippen molar-refractivity contribution in [3.63, 3.8) is 0 Å². The number of morpholine rings is 1. The van der Waals surface area contributed by atoms with Crippen LogP contribution in [-0.4, -0.2) is 60.5 Å². The maximum atomic E-state index is 12.8. The summed E-state index contributed by atoms with van der Waals surface area (Å²) in [7, 11) is -4.67. The third-order valence-corrected chi connectivity index (χ3v) is 5.64. The number of amides is 1. The fourth-order valence-corrected chi connectivity index (χ4v) is 3.99. The van der Waals surface area contributed by atoms with E-state index >= 15 is 0 Å². The molecule has 1 unspecified atom stereocenters. The van der Waals surface area contributed by atoms with Gasteiger partial charge in [0.1, 0.15) is 5.71 Å². The Kier molecular flexibility index (Phi) is 9.13. The Balaban J connectivity index is 0.000000588. The number of carbonyl (C=O) groups is 1. The van der Waals surface area contributed by atoms with E-state index in [0.29, 0.717) is 59.2 Å². The standard InChI is InChI=1S/C20H19Cl3N4O2.H2O4S/c21-14-3-1-13(2-4-14)19-12-17(20(28)25-26-7-9-29-10-8-26)24-27(19)18-6-5-15(22)11-16(18)23;1-5(2,3)4/h1-6,11,19H,7-10,12H2,(H,25,28);(H2,1,2,3,4). The van der Waals surface area contributed by atoms with Gasteiger partial charge >= 0.3 is 10.4 Å². The summed E-state index contributed by atoms with van der Waals surface area (Å²) in [5.41, 5.74) is 5.02. The van der Waals surface area contributed by atoms with E-state index in [4.69, 9.17) is 57.1 Å². The van der Waals surface area contributed by atoms with Gasteiger partial charge in [0, 0.05) is 29.6 Å². The molecule has 34 heavy (non-hydrogen) atoms. The second-order valence-electron chi connectivity index (χ2n) is 7.25. The van der Waals surface area contributed by atoms with Crippen LogP contribution in [0.3, 0.4) is 0 Å². The maximum absolute atomic E-state index is 12.8. The first-order valence-corrected chi connectivity index (χ1v) is 12.4. The minimum Gasteiger partial charge on any atom is -0.379 e. The van der Waals surface area contributed by atoms with E-state index in [0.717, 1.165) is 5.56 Å². The Bertz CT molecular complexity index is 1150. The number of nitrogens with zero attached hydrogens (tertiary/aromatic N) is 3. The van der Waals surface area contributed by atoms with Crippen molar-refractivity contribution in [2.75, 3.05) is 31.3 Å². The van der Waals surface area contributed by atoms with Gasteiger partial charge in [0.15, 0.2) is 0 Å². The van der Waals surface area contributed by atoms with Gasteiger partial charge in [-0.15, -0.1) is 0 Å². The number of benzene rings is 2. The van der Waals surface area contributed by atoms with Crippen molar-refractivity contribution in [1.29, 1.82) is 0 Å². The molecule has 184 valence electrons. The molecule has 14 heteroatoms. The predicted molar refractivity (Wildman–Crippen MR) is 130 cm³/mol. The zero-order valence-electron chi connectivity index (χ0n) is 17.6. The van der Waals surface area contributed by atoms with Crippen LogP contribution in [-0.2, 0) is 19.9 Å². The Labute approximate surface area is 211 Å². The third-order valence-electron chi connectivity index (χ3n) is 4.85. The Morgan fingerprint density at radius 3 is 2.21 bits per heavy atom. The highest BCUT2D eigenvalue weighted by Gasteiger charge is 2.34. The summed E-state index contributed by atoms with van der Waals surface area (Å²) in [5, 5.41) is 9.89. The number of hydrazone groups is 1. The first-order valence-electron chi connectivity index (χ1n) is 9.92. The fraction of sp³-hybridized carbons (Fsp3) is 0.300. The van der Waals surface area contributed by atoms with Crippen molar-refractivity contribution in [3.8, 4) is 0 Å². The van der Waals surface area contributed by atoms with Crippen LogP contribution in [0.2, 0.25) is 15.1 Å². The summed E-state index contributed by atoms with van der Waals surface area (Å²) in [4.78, 5) is 12.8. The van der Waals surface area contributed by atoms with Crippen LogP contribution in [0.4, 0.5) is 5.69 Å². The van der Waals surface area contributed by atoms with E-state index < -0.39 is 10.4 Å². The average molecular weight is 552 g/mol. The molecule has 2 aromatic carbocycles. The molecule has 1 fully saturated rings.